The maximum atomic E-state index is 12.5. The maximum Gasteiger partial charge on any atom is 0.388 e. The molecule has 0 amide bonds. The Labute approximate surface area is 161 Å². The lowest BCUT2D eigenvalue weighted by Crippen LogP contribution is -2.04. The van der Waals surface area contributed by atoms with Gasteiger partial charge >= 0.3 is 6.61 Å². The fourth-order valence-electron chi connectivity index (χ4n) is 2.84. The molecule has 142 valence electrons. The van der Waals surface area contributed by atoms with Crippen molar-refractivity contribution in [3.05, 3.63) is 42.1 Å². The van der Waals surface area contributed by atoms with Gasteiger partial charge in [0, 0.05) is 5.56 Å². The van der Waals surface area contributed by atoms with Gasteiger partial charge in [-0.2, -0.15) is 8.78 Å². The van der Waals surface area contributed by atoms with Crippen molar-refractivity contribution in [3.63, 3.8) is 0 Å². The number of carbonyl (C=O) groups excluding carboxylic acids is 1. The van der Waals surface area contributed by atoms with E-state index in [1.54, 1.807) is 18.2 Å². The monoisotopic (exact) mass is 401 g/mol. The molecule has 0 atom stereocenters. The van der Waals surface area contributed by atoms with E-state index in [9.17, 15) is 13.6 Å². The molecule has 2 aromatic carbocycles. The number of nitrogens with zero attached hydrogens (tertiary/aromatic N) is 3. The number of rotatable bonds is 6. The Balaban J connectivity index is 1.85. The van der Waals surface area contributed by atoms with Gasteiger partial charge in [-0.15, -0.1) is 11.3 Å². The maximum absolute atomic E-state index is 12.5. The second kappa shape index (κ2) is 7.43. The number of aromatic nitrogens is 3. The van der Waals surface area contributed by atoms with E-state index in [2.05, 4.69) is 19.7 Å². The van der Waals surface area contributed by atoms with Crippen LogP contribution in [0.3, 0.4) is 0 Å². The molecule has 2 aromatic heterocycles. The minimum atomic E-state index is -2.97. The van der Waals surface area contributed by atoms with Gasteiger partial charge in [0.05, 0.1) is 27.4 Å². The molecule has 0 bridgehead atoms. The molecule has 0 radical (unpaired) electrons. The molecule has 0 aliphatic carbocycles. The van der Waals surface area contributed by atoms with E-state index >= 15 is 0 Å². The average Bonchev–Trinajstić information content (AvgIpc) is 3.09. The Bertz CT molecular complexity index is 1180. The Morgan fingerprint density at radius 2 is 2.07 bits per heavy atom. The van der Waals surface area contributed by atoms with Crippen molar-refractivity contribution in [2.75, 3.05) is 6.61 Å². The number of fused-ring (bicyclic) bond motifs is 2. The molecule has 0 saturated heterocycles. The Morgan fingerprint density at radius 1 is 1.21 bits per heavy atom. The molecular weight excluding hydrogens is 388 g/mol. The Hall–Kier alpha value is -3.20. The third-order valence-electron chi connectivity index (χ3n) is 3.89. The predicted molar refractivity (Wildman–Crippen MR) is 101 cm³/mol. The molecule has 0 spiro atoms. The van der Waals surface area contributed by atoms with E-state index in [1.807, 2.05) is 19.1 Å². The van der Waals surface area contributed by atoms with Gasteiger partial charge in [0.25, 0.3) is 0 Å². The summed E-state index contributed by atoms with van der Waals surface area (Å²) >= 11 is 1.39. The van der Waals surface area contributed by atoms with E-state index in [0.29, 0.717) is 28.1 Å². The summed E-state index contributed by atoms with van der Waals surface area (Å²) in [6.45, 7) is -1.14. The number of aryl methyl sites for hydroxylation is 1. The third-order valence-corrected chi connectivity index (χ3v) is 5.01. The van der Waals surface area contributed by atoms with Crippen LogP contribution in [0.2, 0.25) is 0 Å². The minimum Gasteiger partial charge on any atom is -0.485 e. The SMILES string of the molecule is Cc1cc(-c2nc3cccc(OCC=O)c3s2)c2ncc(OC(F)F)nc2c1. The van der Waals surface area contributed by atoms with Crippen LogP contribution in [0.15, 0.2) is 36.5 Å². The molecule has 0 saturated carbocycles. The first kappa shape index (κ1) is 18.2. The number of halogens is 2. The van der Waals surface area contributed by atoms with E-state index in [1.165, 1.54) is 17.5 Å². The predicted octanol–water partition coefficient (Wildman–Crippen LogP) is 4.39. The van der Waals surface area contributed by atoms with Crippen LogP contribution in [0, 0.1) is 6.92 Å². The van der Waals surface area contributed by atoms with Crippen LogP contribution in [0.1, 0.15) is 5.56 Å². The van der Waals surface area contributed by atoms with Crippen LogP contribution in [0.5, 0.6) is 11.6 Å². The molecule has 2 heterocycles. The highest BCUT2D eigenvalue weighted by atomic mass is 32.1. The van der Waals surface area contributed by atoms with Gasteiger partial charge in [0.1, 0.15) is 17.4 Å². The number of ether oxygens (including phenoxy) is 2. The van der Waals surface area contributed by atoms with E-state index < -0.39 is 6.61 Å². The van der Waals surface area contributed by atoms with Crippen molar-refractivity contribution in [3.8, 4) is 22.2 Å². The summed E-state index contributed by atoms with van der Waals surface area (Å²) in [5.41, 5.74) is 3.30. The first-order valence-electron chi connectivity index (χ1n) is 8.23. The number of hydrogen-bond acceptors (Lipinski definition) is 7. The molecule has 0 unspecified atom stereocenters. The van der Waals surface area contributed by atoms with Crippen molar-refractivity contribution in [1.82, 2.24) is 15.0 Å². The fourth-order valence-corrected chi connectivity index (χ4v) is 3.88. The number of alkyl halides is 2. The first-order chi connectivity index (χ1) is 13.5. The lowest BCUT2D eigenvalue weighted by Gasteiger charge is -2.07. The van der Waals surface area contributed by atoms with Crippen LogP contribution < -0.4 is 9.47 Å². The quantitative estimate of drug-likeness (QED) is 0.446. The number of hydrogen-bond donors (Lipinski definition) is 0. The second-order valence-corrected chi connectivity index (χ2v) is 6.87. The highest BCUT2D eigenvalue weighted by Gasteiger charge is 2.16. The van der Waals surface area contributed by atoms with Gasteiger partial charge in [-0.3, -0.25) is 4.79 Å². The van der Waals surface area contributed by atoms with Gasteiger partial charge in [0.2, 0.25) is 5.88 Å². The second-order valence-electron chi connectivity index (χ2n) is 5.87. The number of carbonyl (C=O) groups is 1. The number of aldehydes is 1. The zero-order chi connectivity index (χ0) is 19.7. The van der Waals surface area contributed by atoms with Crippen molar-refractivity contribution in [1.29, 1.82) is 0 Å². The van der Waals surface area contributed by atoms with Crippen LogP contribution in [-0.2, 0) is 4.79 Å². The lowest BCUT2D eigenvalue weighted by molar-refractivity contribution is -0.109. The summed E-state index contributed by atoms with van der Waals surface area (Å²) in [7, 11) is 0. The smallest absolute Gasteiger partial charge is 0.388 e. The molecule has 9 heteroatoms. The highest BCUT2D eigenvalue weighted by Crippen LogP contribution is 2.38. The molecular formula is C19H13F2N3O3S. The number of thiazole rings is 1. The first-order valence-corrected chi connectivity index (χ1v) is 9.05. The largest absolute Gasteiger partial charge is 0.485 e. The van der Waals surface area contributed by atoms with Crippen LogP contribution >= 0.6 is 11.3 Å². The molecule has 28 heavy (non-hydrogen) atoms. The van der Waals surface area contributed by atoms with Crippen molar-refractivity contribution in [2.45, 2.75) is 13.5 Å². The molecule has 0 aliphatic heterocycles. The summed E-state index contributed by atoms with van der Waals surface area (Å²) in [5, 5.41) is 0.683. The normalized spacial score (nSPS) is 11.3. The van der Waals surface area contributed by atoms with Gasteiger partial charge in [-0.05, 0) is 36.8 Å². The van der Waals surface area contributed by atoms with Gasteiger partial charge in [-0.1, -0.05) is 6.07 Å². The summed E-state index contributed by atoms with van der Waals surface area (Å²) < 4.78 is 35.5. The summed E-state index contributed by atoms with van der Waals surface area (Å²) in [6.07, 6.45) is 1.85. The van der Waals surface area contributed by atoms with Gasteiger partial charge in [-0.25, -0.2) is 15.0 Å². The summed E-state index contributed by atoms with van der Waals surface area (Å²) in [5.74, 6) is 0.330. The van der Waals surface area contributed by atoms with Gasteiger partial charge < -0.3 is 9.47 Å². The zero-order valence-corrected chi connectivity index (χ0v) is 15.4. The topological polar surface area (TPSA) is 74.2 Å². The molecule has 0 fully saturated rings. The van der Waals surface area contributed by atoms with Crippen LogP contribution in [0.25, 0.3) is 31.8 Å². The minimum absolute atomic E-state index is 0.0435. The Morgan fingerprint density at radius 3 is 2.86 bits per heavy atom. The summed E-state index contributed by atoms with van der Waals surface area (Å²) in [4.78, 5) is 23.6. The van der Waals surface area contributed by atoms with Crippen LogP contribution in [-0.4, -0.2) is 34.5 Å². The van der Waals surface area contributed by atoms with Crippen molar-refractivity contribution >= 4 is 38.9 Å². The standard InChI is InChI=1S/C19H13F2N3O3S/c1-10-7-11(16-13(8-10)23-15(9-22-16)27-19(20)21)18-24-12-3-2-4-14(17(12)28-18)26-6-5-25/h2-5,7-9,19H,6H2,1H3. The molecule has 0 N–H and O–H groups in total. The van der Waals surface area contributed by atoms with E-state index in [-0.39, 0.29) is 12.5 Å². The highest BCUT2D eigenvalue weighted by molar-refractivity contribution is 7.22. The summed E-state index contributed by atoms with van der Waals surface area (Å²) in [6, 6.07) is 9.08. The number of benzene rings is 2. The lowest BCUT2D eigenvalue weighted by atomic mass is 10.1. The van der Waals surface area contributed by atoms with Crippen molar-refractivity contribution < 1.29 is 23.0 Å². The zero-order valence-electron chi connectivity index (χ0n) is 14.6. The molecule has 4 aromatic rings. The van der Waals surface area contributed by atoms with E-state index in [0.717, 1.165) is 21.3 Å². The fraction of sp³-hybridized carbons (Fsp3) is 0.158. The Kier molecular flexibility index (Phi) is 4.82. The van der Waals surface area contributed by atoms with Gasteiger partial charge in [0.15, 0.2) is 6.29 Å². The van der Waals surface area contributed by atoms with Crippen molar-refractivity contribution in [2.24, 2.45) is 0 Å². The van der Waals surface area contributed by atoms with Crippen LogP contribution in [0.4, 0.5) is 8.78 Å². The molecule has 4 rings (SSSR count). The molecule has 6 nitrogen and oxygen atoms in total. The van der Waals surface area contributed by atoms with E-state index in [4.69, 9.17) is 4.74 Å². The third kappa shape index (κ3) is 3.48. The molecule has 0 aliphatic rings. The average molecular weight is 401 g/mol.